The molecule has 1 aromatic carbocycles. The van der Waals surface area contributed by atoms with Crippen molar-refractivity contribution in [3.8, 4) is 11.5 Å². The summed E-state index contributed by atoms with van der Waals surface area (Å²) in [4.78, 5) is 0. The van der Waals surface area contributed by atoms with Gasteiger partial charge in [0.05, 0.1) is 13.7 Å². The summed E-state index contributed by atoms with van der Waals surface area (Å²) < 4.78 is 16.6. The Labute approximate surface area is 114 Å². The molecule has 1 aromatic rings. The highest BCUT2D eigenvalue weighted by molar-refractivity contribution is 5.43. The molecule has 1 aliphatic heterocycles. The van der Waals surface area contributed by atoms with Crippen LogP contribution in [0.15, 0.2) is 18.2 Å². The largest absolute Gasteiger partial charge is 0.493 e. The van der Waals surface area contributed by atoms with Gasteiger partial charge in [0.2, 0.25) is 0 Å². The van der Waals surface area contributed by atoms with E-state index in [0.29, 0.717) is 12.5 Å². The highest BCUT2D eigenvalue weighted by Gasteiger charge is 2.15. The number of nitrogens with two attached hydrogens (primary N) is 1. The number of hydrogen-bond donors (Lipinski definition) is 1. The smallest absolute Gasteiger partial charge is 0.161 e. The van der Waals surface area contributed by atoms with Gasteiger partial charge in [0.25, 0.3) is 0 Å². The number of methoxy groups -OCH3 is 1. The molecule has 4 heteroatoms. The fourth-order valence-corrected chi connectivity index (χ4v) is 2.28. The second-order valence-electron chi connectivity index (χ2n) is 4.89. The Morgan fingerprint density at radius 3 is 2.74 bits per heavy atom. The van der Waals surface area contributed by atoms with Gasteiger partial charge in [0, 0.05) is 13.2 Å². The summed E-state index contributed by atoms with van der Waals surface area (Å²) in [6, 6.07) is 6.02. The van der Waals surface area contributed by atoms with Gasteiger partial charge in [-0.25, -0.2) is 0 Å². The Morgan fingerprint density at radius 1 is 1.26 bits per heavy atom. The zero-order valence-corrected chi connectivity index (χ0v) is 11.6. The van der Waals surface area contributed by atoms with Crippen LogP contribution in [0.1, 0.15) is 18.4 Å². The summed E-state index contributed by atoms with van der Waals surface area (Å²) in [5.74, 6) is 2.18. The molecule has 0 aromatic heterocycles. The molecule has 0 radical (unpaired) electrons. The van der Waals surface area contributed by atoms with Gasteiger partial charge in [-0.05, 0) is 49.4 Å². The summed E-state index contributed by atoms with van der Waals surface area (Å²) in [5.41, 5.74) is 6.77. The van der Waals surface area contributed by atoms with E-state index in [4.69, 9.17) is 19.9 Å². The molecule has 0 spiro atoms. The van der Waals surface area contributed by atoms with Gasteiger partial charge in [-0.3, -0.25) is 0 Å². The predicted octanol–water partition coefficient (Wildman–Crippen LogP) is 2.00. The van der Waals surface area contributed by atoms with Crippen molar-refractivity contribution in [3.05, 3.63) is 23.8 Å². The van der Waals surface area contributed by atoms with Crippen molar-refractivity contribution >= 4 is 0 Å². The molecule has 1 aliphatic rings. The van der Waals surface area contributed by atoms with Crippen molar-refractivity contribution in [1.82, 2.24) is 0 Å². The molecular formula is C15H23NO3. The van der Waals surface area contributed by atoms with Crippen LogP contribution in [0.5, 0.6) is 11.5 Å². The minimum absolute atomic E-state index is 0.580. The van der Waals surface area contributed by atoms with E-state index in [-0.39, 0.29) is 0 Å². The van der Waals surface area contributed by atoms with Gasteiger partial charge >= 0.3 is 0 Å². The van der Waals surface area contributed by atoms with Gasteiger partial charge in [0.1, 0.15) is 0 Å². The van der Waals surface area contributed by atoms with Crippen molar-refractivity contribution in [3.63, 3.8) is 0 Å². The van der Waals surface area contributed by atoms with Gasteiger partial charge in [0.15, 0.2) is 11.5 Å². The molecule has 0 aliphatic carbocycles. The highest BCUT2D eigenvalue weighted by Crippen LogP contribution is 2.29. The number of hydrogen-bond acceptors (Lipinski definition) is 4. The molecule has 19 heavy (non-hydrogen) atoms. The lowest BCUT2D eigenvalue weighted by molar-refractivity contribution is 0.0493. The molecule has 0 bridgehead atoms. The van der Waals surface area contributed by atoms with Crippen LogP contribution >= 0.6 is 0 Å². The van der Waals surface area contributed by atoms with E-state index in [2.05, 4.69) is 0 Å². The lowest BCUT2D eigenvalue weighted by Gasteiger charge is -2.22. The van der Waals surface area contributed by atoms with E-state index in [1.165, 1.54) is 5.56 Å². The minimum Gasteiger partial charge on any atom is -0.493 e. The third-order valence-electron chi connectivity index (χ3n) is 3.48. The van der Waals surface area contributed by atoms with Gasteiger partial charge < -0.3 is 19.9 Å². The van der Waals surface area contributed by atoms with Crippen LogP contribution in [0, 0.1) is 5.92 Å². The standard InChI is InChI=1S/C15H23NO3/c1-17-14-3-2-12(4-7-16)10-15(14)19-11-13-5-8-18-9-6-13/h2-3,10,13H,4-9,11,16H2,1H3. The first-order valence-corrected chi connectivity index (χ1v) is 6.91. The van der Waals surface area contributed by atoms with Crippen molar-refractivity contribution in [2.24, 2.45) is 11.7 Å². The Kier molecular flexibility index (Phi) is 5.48. The summed E-state index contributed by atoms with van der Waals surface area (Å²) in [6.07, 6.45) is 3.01. The van der Waals surface area contributed by atoms with E-state index in [1.54, 1.807) is 7.11 Å². The first kappa shape index (κ1) is 14.2. The SMILES string of the molecule is COc1ccc(CCN)cc1OCC1CCOCC1. The van der Waals surface area contributed by atoms with E-state index < -0.39 is 0 Å². The zero-order chi connectivity index (χ0) is 13.5. The van der Waals surface area contributed by atoms with E-state index in [1.807, 2.05) is 18.2 Å². The van der Waals surface area contributed by atoms with Gasteiger partial charge in [-0.1, -0.05) is 6.07 Å². The van der Waals surface area contributed by atoms with Crippen LogP contribution in [0.25, 0.3) is 0 Å². The van der Waals surface area contributed by atoms with Crippen LogP contribution in [-0.4, -0.2) is 33.5 Å². The average Bonchev–Trinajstić information content (AvgIpc) is 2.47. The Balaban J connectivity index is 1.97. The summed E-state index contributed by atoms with van der Waals surface area (Å²) in [6.45, 7) is 3.06. The molecule has 2 N–H and O–H groups in total. The molecule has 106 valence electrons. The molecular weight excluding hydrogens is 242 g/mol. The Morgan fingerprint density at radius 2 is 2.05 bits per heavy atom. The normalized spacial score (nSPS) is 16.3. The van der Waals surface area contributed by atoms with Gasteiger partial charge in [-0.2, -0.15) is 0 Å². The maximum atomic E-state index is 5.93. The third kappa shape index (κ3) is 4.11. The Hall–Kier alpha value is -1.26. The topological polar surface area (TPSA) is 53.7 Å². The maximum Gasteiger partial charge on any atom is 0.161 e. The van der Waals surface area contributed by atoms with Crippen molar-refractivity contribution in [2.45, 2.75) is 19.3 Å². The second-order valence-corrected chi connectivity index (χ2v) is 4.89. The van der Waals surface area contributed by atoms with Crippen LogP contribution in [-0.2, 0) is 11.2 Å². The first-order valence-electron chi connectivity index (χ1n) is 6.91. The molecule has 0 amide bonds. The van der Waals surface area contributed by atoms with Crippen molar-refractivity contribution in [1.29, 1.82) is 0 Å². The summed E-state index contributed by atoms with van der Waals surface area (Å²) >= 11 is 0. The van der Waals surface area contributed by atoms with Crippen molar-refractivity contribution < 1.29 is 14.2 Å². The minimum atomic E-state index is 0.580. The average molecular weight is 265 g/mol. The van der Waals surface area contributed by atoms with Crippen molar-refractivity contribution in [2.75, 3.05) is 33.5 Å². The first-order chi connectivity index (χ1) is 9.33. The maximum absolute atomic E-state index is 5.93. The summed E-state index contributed by atoms with van der Waals surface area (Å²) in [7, 11) is 1.67. The molecule has 2 rings (SSSR count). The van der Waals surface area contributed by atoms with Gasteiger partial charge in [-0.15, -0.1) is 0 Å². The monoisotopic (exact) mass is 265 g/mol. The lowest BCUT2D eigenvalue weighted by Crippen LogP contribution is -2.21. The molecule has 1 heterocycles. The quantitative estimate of drug-likeness (QED) is 0.854. The lowest BCUT2D eigenvalue weighted by atomic mass is 10.0. The number of rotatable bonds is 6. The van der Waals surface area contributed by atoms with Crippen LogP contribution in [0.4, 0.5) is 0 Å². The fraction of sp³-hybridized carbons (Fsp3) is 0.600. The van der Waals surface area contributed by atoms with Crippen LogP contribution in [0.2, 0.25) is 0 Å². The Bertz CT molecular complexity index is 389. The number of benzene rings is 1. The predicted molar refractivity (Wildman–Crippen MR) is 74.8 cm³/mol. The summed E-state index contributed by atoms with van der Waals surface area (Å²) in [5, 5.41) is 0. The van der Waals surface area contributed by atoms with E-state index >= 15 is 0 Å². The third-order valence-corrected chi connectivity index (χ3v) is 3.48. The van der Waals surface area contributed by atoms with E-state index in [0.717, 1.165) is 50.6 Å². The zero-order valence-electron chi connectivity index (χ0n) is 11.6. The molecule has 0 unspecified atom stereocenters. The molecule has 0 saturated carbocycles. The van der Waals surface area contributed by atoms with E-state index in [9.17, 15) is 0 Å². The second kappa shape index (κ2) is 7.36. The molecule has 4 nitrogen and oxygen atoms in total. The molecule has 0 atom stereocenters. The van der Waals surface area contributed by atoms with Crippen LogP contribution in [0.3, 0.4) is 0 Å². The fourth-order valence-electron chi connectivity index (χ4n) is 2.28. The molecule has 1 saturated heterocycles. The highest BCUT2D eigenvalue weighted by atomic mass is 16.5. The van der Waals surface area contributed by atoms with Crippen LogP contribution < -0.4 is 15.2 Å². The number of ether oxygens (including phenoxy) is 3. The molecule has 1 fully saturated rings.